The lowest BCUT2D eigenvalue weighted by Gasteiger charge is -2.33. The van der Waals surface area contributed by atoms with E-state index in [9.17, 15) is 4.79 Å². The minimum atomic E-state index is 0.0449. The van der Waals surface area contributed by atoms with Gasteiger partial charge in [-0.3, -0.25) is 4.79 Å². The maximum Gasteiger partial charge on any atom is 0.237 e. The zero-order chi connectivity index (χ0) is 11.4. The Hall–Kier alpha value is -0.610. The average Bonchev–Trinajstić information content (AvgIpc) is 2.80. The summed E-state index contributed by atoms with van der Waals surface area (Å²) in [6.45, 7) is 5.65. The number of nitrogens with one attached hydrogen (secondary N) is 2. The summed E-state index contributed by atoms with van der Waals surface area (Å²) in [7, 11) is 0. The summed E-state index contributed by atoms with van der Waals surface area (Å²) in [5, 5.41) is 6.30. The third-order valence-electron chi connectivity index (χ3n) is 3.77. The van der Waals surface area contributed by atoms with Gasteiger partial charge in [0.2, 0.25) is 5.91 Å². The SMILES string of the molecule is CC1(CNC(=O)[C@H]2CCCN2)CCOCC1. The molecule has 0 aromatic carbocycles. The van der Waals surface area contributed by atoms with E-state index < -0.39 is 0 Å². The summed E-state index contributed by atoms with van der Waals surface area (Å²) in [4.78, 5) is 11.8. The van der Waals surface area contributed by atoms with Crippen LogP contribution in [0, 0.1) is 5.41 Å². The predicted molar refractivity (Wildman–Crippen MR) is 62.2 cm³/mol. The molecule has 2 N–H and O–H groups in total. The van der Waals surface area contributed by atoms with Gasteiger partial charge in [0.25, 0.3) is 0 Å². The van der Waals surface area contributed by atoms with Gasteiger partial charge in [-0.25, -0.2) is 0 Å². The van der Waals surface area contributed by atoms with Crippen molar-refractivity contribution >= 4 is 5.91 Å². The van der Waals surface area contributed by atoms with E-state index in [4.69, 9.17) is 4.74 Å². The molecule has 0 aromatic heterocycles. The zero-order valence-electron chi connectivity index (χ0n) is 10.1. The quantitative estimate of drug-likeness (QED) is 0.743. The van der Waals surface area contributed by atoms with Gasteiger partial charge >= 0.3 is 0 Å². The van der Waals surface area contributed by atoms with Gasteiger partial charge in [-0.15, -0.1) is 0 Å². The molecule has 0 bridgehead atoms. The molecule has 2 aliphatic rings. The van der Waals surface area contributed by atoms with Crippen LogP contribution in [0.3, 0.4) is 0 Å². The smallest absolute Gasteiger partial charge is 0.237 e. The number of rotatable bonds is 3. The third kappa shape index (κ3) is 2.95. The largest absolute Gasteiger partial charge is 0.381 e. The molecule has 2 aliphatic heterocycles. The van der Waals surface area contributed by atoms with Crippen LogP contribution in [0.2, 0.25) is 0 Å². The molecule has 0 radical (unpaired) electrons. The number of hydrogen-bond acceptors (Lipinski definition) is 3. The van der Waals surface area contributed by atoms with E-state index in [0.717, 1.165) is 52.0 Å². The highest BCUT2D eigenvalue weighted by Crippen LogP contribution is 2.28. The molecule has 0 unspecified atom stereocenters. The monoisotopic (exact) mass is 226 g/mol. The second-order valence-corrected chi connectivity index (χ2v) is 5.29. The molecule has 1 amide bonds. The fourth-order valence-electron chi connectivity index (χ4n) is 2.37. The Morgan fingerprint density at radius 3 is 2.88 bits per heavy atom. The molecular weight excluding hydrogens is 204 g/mol. The molecule has 4 nitrogen and oxygen atoms in total. The van der Waals surface area contributed by atoms with E-state index in [1.54, 1.807) is 0 Å². The topological polar surface area (TPSA) is 50.4 Å². The lowest BCUT2D eigenvalue weighted by molar-refractivity contribution is -0.123. The van der Waals surface area contributed by atoms with Crippen molar-refractivity contribution < 1.29 is 9.53 Å². The first kappa shape index (κ1) is 11.9. The summed E-state index contributed by atoms with van der Waals surface area (Å²) in [6, 6.07) is 0.0449. The normalized spacial score (nSPS) is 28.9. The highest BCUT2D eigenvalue weighted by molar-refractivity contribution is 5.82. The molecule has 0 aromatic rings. The molecular formula is C12H22N2O2. The first-order valence-electron chi connectivity index (χ1n) is 6.28. The van der Waals surface area contributed by atoms with Crippen LogP contribution in [0.4, 0.5) is 0 Å². The standard InChI is InChI=1S/C12H22N2O2/c1-12(4-7-16-8-5-12)9-14-11(15)10-3-2-6-13-10/h10,13H,2-9H2,1H3,(H,14,15)/t10-/m1/s1. The van der Waals surface area contributed by atoms with Gasteiger partial charge in [0.05, 0.1) is 6.04 Å². The van der Waals surface area contributed by atoms with Gasteiger partial charge in [-0.1, -0.05) is 6.92 Å². The Morgan fingerprint density at radius 1 is 1.50 bits per heavy atom. The number of carbonyl (C=O) groups is 1. The summed E-state index contributed by atoms with van der Waals surface area (Å²) in [5.74, 6) is 0.171. The Morgan fingerprint density at radius 2 is 2.25 bits per heavy atom. The Bertz CT molecular complexity index is 243. The van der Waals surface area contributed by atoms with E-state index in [-0.39, 0.29) is 17.4 Å². The van der Waals surface area contributed by atoms with Gasteiger partial charge in [-0.2, -0.15) is 0 Å². The third-order valence-corrected chi connectivity index (χ3v) is 3.77. The highest BCUT2D eigenvalue weighted by Gasteiger charge is 2.29. The zero-order valence-corrected chi connectivity index (χ0v) is 10.1. The van der Waals surface area contributed by atoms with E-state index in [1.165, 1.54) is 0 Å². The van der Waals surface area contributed by atoms with Crippen LogP contribution in [-0.2, 0) is 9.53 Å². The Labute approximate surface area is 97.1 Å². The molecule has 2 rings (SSSR count). The maximum atomic E-state index is 11.8. The summed E-state index contributed by atoms with van der Waals surface area (Å²) >= 11 is 0. The number of hydrogen-bond donors (Lipinski definition) is 2. The van der Waals surface area contributed by atoms with Crippen molar-refractivity contribution in [2.24, 2.45) is 5.41 Å². The first-order valence-corrected chi connectivity index (χ1v) is 6.28. The fraction of sp³-hybridized carbons (Fsp3) is 0.917. The van der Waals surface area contributed by atoms with Crippen LogP contribution >= 0.6 is 0 Å². The van der Waals surface area contributed by atoms with Gasteiger partial charge in [0, 0.05) is 19.8 Å². The fourth-order valence-corrected chi connectivity index (χ4v) is 2.37. The molecule has 0 saturated carbocycles. The van der Waals surface area contributed by atoms with Crippen LogP contribution in [0.25, 0.3) is 0 Å². The Kier molecular flexibility index (Phi) is 3.82. The van der Waals surface area contributed by atoms with Crippen molar-refractivity contribution in [1.82, 2.24) is 10.6 Å². The van der Waals surface area contributed by atoms with Crippen LogP contribution in [0.15, 0.2) is 0 Å². The van der Waals surface area contributed by atoms with Crippen molar-refractivity contribution in [3.05, 3.63) is 0 Å². The van der Waals surface area contributed by atoms with Crippen molar-refractivity contribution in [2.75, 3.05) is 26.3 Å². The summed E-state index contributed by atoms with van der Waals surface area (Å²) in [5.41, 5.74) is 0.229. The average molecular weight is 226 g/mol. The maximum absolute atomic E-state index is 11.8. The summed E-state index contributed by atoms with van der Waals surface area (Å²) < 4.78 is 5.35. The second-order valence-electron chi connectivity index (χ2n) is 5.29. The molecule has 4 heteroatoms. The van der Waals surface area contributed by atoms with E-state index in [2.05, 4.69) is 17.6 Å². The number of amides is 1. The molecule has 92 valence electrons. The minimum absolute atomic E-state index is 0.0449. The van der Waals surface area contributed by atoms with Crippen molar-refractivity contribution in [1.29, 1.82) is 0 Å². The molecule has 16 heavy (non-hydrogen) atoms. The van der Waals surface area contributed by atoms with Crippen LogP contribution in [0.5, 0.6) is 0 Å². The van der Waals surface area contributed by atoms with Crippen LogP contribution in [-0.4, -0.2) is 38.3 Å². The summed E-state index contributed by atoms with van der Waals surface area (Å²) in [6.07, 6.45) is 4.19. The van der Waals surface area contributed by atoms with Crippen LogP contribution in [0.1, 0.15) is 32.6 Å². The molecule has 2 saturated heterocycles. The molecule has 2 fully saturated rings. The molecule has 0 spiro atoms. The van der Waals surface area contributed by atoms with E-state index >= 15 is 0 Å². The van der Waals surface area contributed by atoms with Crippen molar-refractivity contribution in [2.45, 2.75) is 38.6 Å². The first-order chi connectivity index (χ1) is 7.70. The van der Waals surface area contributed by atoms with Crippen LogP contribution < -0.4 is 10.6 Å². The van der Waals surface area contributed by atoms with Gasteiger partial charge < -0.3 is 15.4 Å². The number of carbonyl (C=O) groups excluding carboxylic acids is 1. The molecule has 1 atom stereocenters. The van der Waals surface area contributed by atoms with Gasteiger partial charge in [-0.05, 0) is 37.6 Å². The second kappa shape index (κ2) is 5.15. The van der Waals surface area contributed by atoms with Crippen molar-refractivity contribution in [3.63, 3.8) is 0 Å². The van der Waals surface area contributed by atoms with E-state index in [0.29, 0.717) is 0 Å². The van der Waals surface area contributed by atoms with Gasteiger partial charge in [0.1, 0.15) is 0 Å². The Balaban J connectivity index is 1.75. The highest BCUT2D eigenvalue weighted by atomic mass is 16.5. The molecule has 0 aliphatic carbocycles. The predicted octanol–water partition coefficient (Wildman–Crippen LogP) is 0.671. The number of ether oxygens (including phenoxy) is 1. The van der Waals surface area contributed by atoms with Gasteiger partial charge in [0.15, 0.2) is 0 Å². The van der Waals surface area contributed by atoms with E-state index in [1.807, 2.05) is 0 Å². The lowest BCUT2D eigenvalue weighted by atomic mass is 9.82. The minimum Gasteiger partial charge on any atom is -0.381 e. The molecule has 2 heterocycles. The lowest BCUT2D eigenvalue weighted by Crippen LogP contribution is -2.45. The van der Waals surface area contributed by atoms with Crippen molar-refractivity contribution in [3.8, 4) is 0 Å².